The van der Waals surface area contributed by atoms with E-state index < -0.39 is 35.7 Å². The van der Waals surface area contributed by atoms with Crippen molar-refractivity contribution in [3.8, 4) is 0 Å². The zero-order valence-corrected chi connectivity index (χ0v) is 14.0. The number of carbonyl (C=O) groups excluding carboxylic acids is 3. The monoisotopic (exact) mass is 330 g/mol. The van der Waals surface area contributed by atoms with E-state index in [0.29, 0.717) is 0 Å². The highest BCUT2D eigenvalue weighted by atomic mass is 16.6. The molecule has 0 saturated heterocycles. The fourth-order valence-electron chi connectivity index (χ4n) is 1.64. The van der Waals surface area contributed by atoms with Gasteiger partial charge in [0.2, 0.25) is 5.91 Å². The Balaban J connectivity index is 4.86. The number of nitrogens with one attached hydrogen (secondary N) is 2. The summed E-state index contributed by atoms with van der Waals surface area (Å²) in [5.74, 6) is -1.25. The van der Waals surface area contributed by atoms with E-state index in [-0.39, 0.29) is 19.4 Å². The highest BCUT2D eigenvalue weighted by Crippen LogP contribution is 2.07. The number of ether oxygens (including phenoxy) is 2. The highest BCUT2D eigenvalue weighted by molar-refractivity contribution is 5.89. The van der Waals surface area contributed by atoms with Crippen LogP contribution in [0.3, 0.4) is 0 Å². The zero-order valence-electron chi connectivity index (χ0n) is 14.0. The van der Waals surface area contributed by atoms with Crippen molar-refractivity contribution in [2.45, 2.75) is 51.3 Å². The minimum atomic E-state index is -1.04. The Hall–Kier alpha value is -2.09. The van der Waals surface area contributed by atoms with Gasteiger partial charge in [-0.3, -0.25) is 4.79 Å². The van der Waals surface area contributed by atoms with Gasteiger partial charge < -0.3 is 25.2 Å². The summed E-state index contributed by atoms with van der Waals surface area (Å²) in [7, 11) is 1.20. The largest absolute Gasteiger partial charge is 0.467 e. The number of aliphatic hydroxyl groups is 1. The lowest BCUT2D eigenvalue weighted by atomic mass is 10.1. The van der Waals surface area contributed by atoms with Crippen LogP contribution in [-0.4, -0.2) is 54.5 Å². The summed E-state index contributed by atoms with van der Waals surface area (Å²) < 4.78 is 9.66. The van der Waals surface area contributed by atoms with Crippen molar-refractivity contribution in [1.29, 1.82) is 0 Å². The molecule has 23 heavy (non-hydrogen) atoms. The van der Waals surface area contributed by atoms with E-state index in [4.69, 9.17) is 9.84 Å². The molecule has 0 aliphatic heterocycles. The molecule has 3 N–H and O–H groups in total. The summed E-state index contributed by atoms with van der Waals surface area (Å²) in [5, 5.41) is 13.9. The lowest BCUT2D eigenvalue weighted by molar-refractivity contribution is -0.145. The second kappa shape index (κ2) is 9.83. The van der Waals surface area contributed by atoms with E-state index in [0.717, 1.165) is 0 Å². The maximum Gasteiger partial charge on any atom is 0.408 e. The van der Waals surface area contributed by atoms with Crippen molar-refractivity contribution in [2.24, 2.45) is 0 Å². The van der Waals surface area contributed by atoms with Crippen LogP contribution in [0.4, 0.5) is 4.79 Å². The van der Waals surface area contributed by atoms with Crippen LogP contribution in [-0.2, 0) is 19.1 Å². The second-order valence-electron chi connectivity index (χ2n) is 5.82. The van der Waals surface area contributed by atoms with Crippen molar-refractivity contribution in [3.63, 3.8) is 0 Å². The molecule has 0 aromatic carbocycles. The molecule has 0 aromatic rings. The van der Waals surface area contributed by atoms with Crippen LogP contribution in [0.5, 0.6) is 0 Å². The van der Waals surface area contributed by atoms with Crippen molar-refractivity contribution >= 4 is 18.0 Å². The first-order chi connectivity index (χ1) is 10.6. The van der Waals surface area contributed by atoms with Crippen LogP contribution in [0.15, 0.2) is 12.7 Å². The van der Waals surface area contributed by atoms with Gasteiger partial charge in [-0.2, -0.15) is 0 Å². The molecule has 8 heteroatoms. The molecule has 0 rings (SSSR count). The Morgan fingerprint density at radius 3 is 2.26 bits per heavy atom. The van der Waals surface area contributed by atoms with Crippen LogP contribution < -0.4 is 10.6 Å². The van der Waals surface area contributed by atoms with Gasteiger partial charge in [0, 0.05) is 6.61 Å². The Bertz CT molecular complexity index is 430. The lowest BCUT2D eigenvalue weighted by Gasteiger charge is -2.24. The van der Waals surface area contributed by atoms with E-state index in [1.165, 1.54) is 13.2 Å². The summed E-state index contributed by atoms with van der Waals surface area (Å²) in [5.41, 5.74) is -0.721. The van der Waals surface area contributed by atoms with E-state index in [1.54, 1.807) is 20.8 Å². The van der Waals surface area contributed by atoms with Crippen molar-refractivity contribution < 1.29 is 29.0 Å². The summed E-state index contributed by atoms with van der Waals surface area (Å²) in [4.78, 5) is 35.5. The topological polar surface area (TPSA) is 114 Å². The fraction of sp³-hybridized carbons (Fsp3) is 0.667. The summed E-state index contributed by atoms with van der Waals surface area (Å²) >= 11 is 0. The van der Waals surface area contributed by atoms with Crippen LogP contribution in [0.1, 0.15) is 33.6 Å². The van der Waals surface area contributed by atoms with Gasteiger partial charge in [-0.25, -0.2) is 9.59 Å². The van der Waals surface area contributed by atoms with Gasteiger partial charge in [-0.05, 0) is 33.6 Å². The SMILES string of the molecule is C=CC[C@H](NC(=O)[C@H](CCO)NC(=O)OC(C)(C)C)C(=O)OC. The molecule has 2 atom stereocenters. The third-order valence-electron chi connectivity index (χ3n) is 2.63. The second-order valence-corrected chi connectivity index (χ2v) is 5.82. The molecule has 132 valence electrons. The molecule has 0 aromatic heterocycles. The van der Waals surface area contributed by atoms with Crippen molar-refractivity contribution in [3.05, 3.63) is 12.7 Å². The average molecular weight is 330 g/mol. The van der Waals surface area contributed by atoms with Crippen molar-refractivity contribution in [1.82, 2.24) is 10.6 Å². The van der Waals surface area contributed by atoms with Gasteiger partial charge in [-0.1, -0.05) is 6.08 Å². The number of carbonyl (C=O) groups is 3. The summed E-state index contributed by atoms with van der Waals surface area (Å²) in [6, 6.07) is -1.95. The maximum atomic E-state index is 12.2. The van der Waals surface area contributed by atoms with Crippen LogP contribution >= 0.6 is 0 Å². The Morgan fingerprint density at radius 2 is 1.83 bits per heavy atom. The maximum absolute atomic E-state index is 12.2. The highest BCUT2D eigenvalue weighted by Gasteiger charge is 2.27. The number of hydrogen-bond donors (Lipinski definition) is 3. The number of hydrogen-bond acceptors (Lipinski definition) is 6. The van der Waals surface area contributed by atoms with Crippen molar-refractivity contribution in [2.75, 3.05) is 13.7 Å². The Labute approximate surface area is 136 Å². The summed E-state index contributed by atoms with van der Waals surface area (Å²) in [6.45, 7) is 8.24. The normalized spacial score (nSPS) is 13.4. The van der Waals surface area contributed by atoms with E-state index >= 15 is 0 Å². The molecule has 0 radical (unpaired) electrons. The molecular formula is C15H26N2O6. The summed E-state index contributed by atoms with van der Waals surface area (Å²) in [6.07, 6.45) is 0.831. The predicted molar refractivity (Wildman–Crippen MR) is 83.6 cm³/mol. The number of rotatable bonds is 8. The Kier molecular flexibility index (Phi) is 8.94. The number of methoxy groups -OCH3 is 1. The Morgan fingerprint density at radius 1 is 1.22 bits per heavy atom. The third kappa shape index (κ3) is 8.82. The van der Waals surface area contributed by atoms with Gasteiger partial charge in [-0.15, -0.1) is 6.58 Å². The van der Waals surface area contributed by atoms with Crippen LogP contribution in [0.25, 0.3) is 0 Å². The third-order valence-corrected chi connectivity index (χ3v) is 2.63. The fourth-order valence-corrected chi connectivity index (χ4v) is 1.64. The first kappa shape index (κ1) is 20.9. The quantitative estimate of drug-likeness (QED) is 0.441. The van der Waals surface area contributed by atoms with Gasteiger partial charge in [0.1, 0.15) is 17.7 Å². The molecule has 0 fully saturated rings. The minimum absolute atomic E-state index is 0.0208. The molecule has 0 unspecified atom stereocenters. The zero-order chi connectivity index (χ0) is 18.0. The smallest absolute Gasteiger partial charge is 0.408 e. The molecule has 0 aliphatic rings. The number of aliphatic hydroxyl groups excluding tert-OH is 1. The van der Waals surface area contributed by atoms with E-state index in [2.05, 4.69) is 21.9 Å². The first-order valence-electron chi connectivity index (χ1n) is 7.24. The standard InChI is InChI=1S/C15H26N2O6/c1-6-7-11(13(20)22-5)16-12(19)10(8-9-18)17-14(21)23-15(2,3)4/h6,10-11,18H,1,7-9H2,2-5H3,(H,16,19)(H,17,21)/t10-,11-/m0/s1. The molecule has 0 heterocycles. The van der Waals surface area contributed by atoms with Gasteiger partial charge in [0.05, 0.1) is 7.11 Å². The molecule has 0 spiro atoms. The molecule has 2 amide bonds. The van der Waals surface area contributed by atoms with Gasteiger partial charge >= 0.3 is 12.1 Å². The first-order valence-corrected chi connectivity index (χ1v) is 7.24. The molecule has 0 saturated carbocycles. The van der Waals surface area contributed by atoms with Gasteiger partial charge in [0.25, 0.3) is 0 Å². The number of alkyl carbamates (subject to hydrolysis) is 1. The minimum Gasteiger partial charge on any atom is -0.467 e. The average Bonchev–Trinajstić information content (AvgIpc) is 2.43. The molecular weight excluding hydrogens is 304 g/mol. The predicted octanol–water partition coefficient (Wildman–Crippen LogP) is 0.496. The number of amides is 2. The lowest BCUT2D eigenvalue weighted by Crippen LogP contribution is -2.52. The van der Waals surface area contributed by atoms with E-state index in [1.807, 2.05) is 0 Å². The van der Waals surface area contributed by atoms with Crippen LogP contribution in [0, 0.1) is 0 Å². The molecule has 8 nitrogen and oxygen atoms in total. The molecule has 0 aliphatic carbocycles. The van der Waals surface area contributed by atoms with E-state index in [9.17, 15) is 14.4 Å². The van der Waals surface area contributed by atoms with Crippen LogP contribution in [0.2, 0.25) is 0 Å². The van der Waals surface area contributed by atoms with Gasteiger partial charge in [0.15, 0.2) is 0 Å². The number of esters is 1. The molecule has 0 bridgehead atoms.